The van der Waals surface area contributed by atoms with Gasteiger partial charge in [0.25, 0.3) is 0 Å². The van der Waals surface area contributed by atoms with Gasteiger partial charge in [0.05, 0.1) is 55.2 Å². The zero-order chi connectivity index (χ0) is 47.8. The lowest BCUT2D eigenvalue weighted by atomic mass is 9.79. The van der Waals surface area contributed by atoms with Crippen molar-refractivity contribution in [2.24, 2.45) is 23.7 Å². The van der Waals surface area contributed by atoms with E-state index in [4.69, 9.17) is 42.6 Å². The van der Waals surface area contributed by atoms with Gasteiger partial charge in [-0.1, -0.05) is 38.5 Å². The normalized spacial score (nSPS) is 45.9. The number of hydrogen-bond acceptors (Lipinski definition) is 18. The molecule has 3 saturated heterocycles. The van der Waals surface area contributed by atoms with Crippen LogP contribution >= 0.6 is 0 Å². The maximum absolute atomic E-state index is 13.8. The molecule has 18 heteroatoms. The van der Waals surface area contributed by atoms with Crippen LogP contribution in [0.3, 0.4) is 0 Å². The number of aliphatic hydroxyl groups is 5. The second kappa shape index (κ2) is 24.1. The van der Waals surface area contributed by atoms with Crippen molar-refractivity contribution in [2.45, 2.75) is 191 Å². The molecule has 18 nitrogen and oxygen atoms in total. The van der Waals surface area contributed by atoms with Crippen molar-refractivity contribution in [2.75, 3.05) is 34.9 Å². The van der Waals surface area contributed by atoms with Crippen molar-refractivity contribution < 1.29 is 82.5 Å². The molecule has 0 aliphatic carbocycles. The van der Waals surface area contributed by atoms with Crippen LogP contribution in [-0.2, 0) is 57.0 Å². The zero-order valence-electron chi connectivity index (χ0n) is 39.7. The van der Waals surface area contributed by atoms with Gasteiger partial charge in [0.2, 0.25) is 0 Å². The topological polar surface area (TPSA) is 239 Å². The molecule has 0 aromatic heterocycles. The van der Waals surface area contributed by atoms with Crippen molar-refractivity contribution in [3.05, 3.63) is 23.8 Å². The summed E-state index contributed by atoms with van der Waals surface area (Å²) in [5.74, 6) is -3.59. The fourth-order valence-electron chi connectivity index (χ4n) is 9.51. The van der Waals surface area contributed by atoms with Crippen LogP contribution in [0.15, 0.2) is 23.8 Å². The molecule has 368 valence electrons. The summed E-state index contributed by atoms with van der Waals surface area (Å²) in [6, 6.07) is -0.748. The number of ketones is 1. The van der Waals surface area contributed by atoms with Crippen LogP contribution < -0.4 is 0 Å². The van der Waals surface area contributed by atoms with E-state index in [-0.39, 0.29) is 31.7 Å². The number of cyclic esters (lactones) is 1. The highest BCUT2D eigenvalue weighted by molar-refractivity contribution is 5.91. The highest BCUT2D eigenvalue weighted by Gasteiger charge is 2.52. The number of carbonyl (C=O) groups is 3. The summed E-state index contributed by atoms with van der Waals surface area (Å²) < 4.78 is 54.7. The minimum Gasteiger partial charge on any atom is -0.462 e. The molecule has 0 spiro atoms. The predicted octanol–water partition coefficient (Wildman–Crippen LogP) is 1.83. The Morgan fingerprint density at radius 2 is 1.52 bits per heavy atom. The fourth-order valence-corrected chi connectivity index (χ4v) is 9.51. The molecule has 4 heterocycles. The van der Waals surface area contributed by atoms with Gasteiger partial charge in [0, 0.05) is 44.8 Å². The van der Waals surface area contributed by atoms with Crippen LogP contribution in [0.5, 0.6) is 0 Å². The van der Waals surface area contributed by atoms with Crippen LogP contribution in [0.4, 0.5) is 0 Å². The molecule has 3 unspecified atom stereocenters. The lowest BCUT2D eigenvalue weighted by Gasteiger charge is -2.50. The van der Waals surface area contributed by atoms with Crippen LogP contribution in [0, 0.1) is 23.7 Å². The van der Waals surface area contributed by atoms with Gasteiger partial charge < -0.3 is 77.9 Å². The summed E-state index contributed by atoms with van der Waals surface area (Å²) in [6.45, 7) is 13.6. The molecule has 0 aromatic rings. The fraction of sp³-hybridized carbons (Fsp3) is 0.848. The number of aldehydes is 1. The van der Waals surface area contributed by atoms with Gasteiger partial charge in [0.15, 0.2) is 24.7 Å². The molecule has 4 aliphatic rings. The van der Waals surface area contributed by atoms with Crippen LogP contribution in [0.2, 0.25) is 0 Å². The first-order valence-corrected chi connectivity index (χ1v) is 22.7. The third-order valence-electron chi connectivity index (χ3n) is 13.4. The van der Waals surface area contributed by atoms with E-state index in [1.165, 1.54) is 27.2 Å². The number of carbonyl (C=O) groups excluding carboxylic acids is 3. The molecular formula is C46H77NO17. The molecule has 64 heavy (non-hydrogen) atoms. The lowest BCUT2D eigenvalue weighted by Crippen LogP contribution is -2.65. The quantitative estimate of drug-likeness (QED) is 0.131. The van der Waals surface area contributed by atoms with Crippen molar-refractivity contribution in [1.29, 1.82) is 0 Å². The molecule has 0 radical (unpaired) electrons. The van der Waals surface area contributed by atoms with E-state index in [2.05, 4.69) is 0 Å². The number of rotatable bonds is 13. The molecule has 4 aliphatic heterocycles. The minimum absolute atomic E-state index is 0.00788. The van der Waals surface area contributed by atoms with Crippen LogP contribution in [-0.4, -0.2) is 187 Å². The minimum atomic E-state index is -1.49. The van der Waals surface area contributed by atoms with Gasteiger partial charge >= 0.3 is 5.97 Å². The Kier molecular flexibility index (Phi) is 20.5. The molecule has 3 fully saturated rings. The third kappa shape index (κ3) is 13.5. The summed E-state index contributed by atoms with van der Waals surface area (Å²) in [5, 5.41) is 55.8. The number of methoxy groups -OCH3 is 2. The van der Waals surface area contributed by atoms with Crippen molar-refractivity contribution >= 4 is 18.0 Å². The Labute approximate surface area is 378 Å². The van der Waals surface area contributed by atoms with E-state index in [1.54, 1.807) is 59.7 Å². The molecule has 5 N–H and O–H groups in total. The molecule has 0 saturated carbocycles. The second-order valence-corrected chi connectivity index (χ2v) is 18.7. The van der Waals surface area contributed by atoms with Gasteiger partial charge in [-0.3, -0.25) is 9.59 Å². The van der Waals surface area contributed by atoms with Gasteiger partial charge in [0.1, 0.15) is 49.0 Å². The third-order valence-corrected chi connectivity index (χ3v) is 13.4. The van der Waals surface area contributed by atoms with Gasteiger partial charge in [-0.25, -0.2) is 0 Å². The van der Waals surface area contributed by atoms with Crippen LogP contribution in [0.1, 0.15) is 87.5 Å². The monoisotopic (exact) mass is 916 g/mol. The number of hydrogen-bond donors (Lipinski definition) is 5. The predicted molar refractivity (Wildman–Crippen MR) is 230 cm³/mol. The summed E-state index contributed by atoms with van der Waals surface area (Å²) >= 11 is 0. The number of esters is 1. The van der Waals surface area contributed by atoms with E-state index in [1.807, 2.05) is 19.9 Å². The van der Waals surface area contributed by atoms with Gasteiger partial charge in [-0.15, -0.1) is 0 Å². The first kappa shape index (κ1) is 54.3. The molecule has 4 rings (SSSR count). The average molecular weight is 916 g/mol. The standard InChI is InChI=1S/C46H77NO17/c1-13-33-30(22-58-45-42(57-12)41(56-11)37(52)26(5)60-45)18-23(2)14-15-31(49)24(3)19-29(16-17-48)39(25(4)32(50)20-34(51)62-33)64-44-38(53)36(47(9)10)40(27(6)61-44)63-35-21-46(8,55)43(54)28(7)59-35/h14-15,17-18,24-30,32-33,35-45,50,52-55H,13,16,19-22H2,1-12H3/b15-14+,23-18+/t24-,25+,26-,27-,28+,29+,30-,32-,33-,35?,36-,37-,38-,39-,40-,41-,42-,43+,44?,45?,46-/m1/s1. The number of likely N-dealkylation sites (N-methyl/N-ethyl adjacent to an activating group) is 1. The summed E-state index contributed by atoms with van der Waals surface area (Å²) in [5.41, 5.74) is -0.806. The number of aliphatic hydroxyl groups excluding tert-OH is 4. The van der Waals surface area contributed by atoms with Crippen molar-refractivity contribution in [3.8, 4) is 0 Å². The molecule has 0 bridgehead atoms. The Bertz CT molecular complexity index is 1560. The Hall–Kier alpha value is -2.27. The lowest BCUT2D eigenvalue weighted by molar-refractivity contribution is -0.341. The van der Waals surface area contributed by atoms with Crippen molar-refractivity contribution in [1.82, 2.24) is 4.90 Å². The molecule has 0 amide bonds. The van der Waals surface area contributed by atoms with E-state index in [0.717, 1.165) is 6.29 Å². The highest BCUT2D eigenvalue weighted by atomic mass is 16.7. The number of nitrogens with zero attached hydrogens (tertiary/aromatic N) is 1. The molecule has 0 aromatic carbocycles. The molecular weight excluding hydrogens is 838 g/mol. The van der Waals surface area contributed by atoms with Crippen LogP contribution in [0.25, 0.3) is 0 Å². The second-order valence-electron chi connectivity index (χ2n) is 18.7. The summed E-state index contributed by atoms with van der Waals surface area (Å²) in [6.07, 6.45) is -8.49. The number of ether oxygens (including phenoxy) is 9. The molecule has 21 atom stereocenters. The Morgan fingerprint density at radius 3 is 2.11 bits per heavy atom. The Balaban J connectivity index is 1.62. The average Bonchev–Trinajstić information content (AvgIpc) is 3.23. The highest BCUT2D eigenvalue weighted by Crippen LogP contribution is 2.37. The van der Waals surface area contributed by atoms with Crippen molar-refractivity contribution in [3.63, 3.8) is 0 Å². The van der Waals surface area contributed by atoms with E-state index >= 15 is 0 Å². The van der Waals surface area contributed by atoms with E-state index < -0.39 is 140 Å². The Morgan fingerprint density at radius 1 is 0.859 bits per heavy atom. The number of allylic oxidation sites excluding steroid dienone is 3. The maximum atomic E-state index is 13.8. The smallest absolute Gasteiger partial charge is 0.308 e. The SMILES string of the molecule is CC[C@H]1OC(=O)C[C@@H](O)[C@H](C)[C@@H](OC2O[C@H](C)[C@@H](OC3C[C@@](C)(O)[C@@H](O)[C@H](C)O3)[C@H](N(C)C)[C@H]2O)[C@@H](CC=O)C[C@@H](C)C(=O)/C=C/C(C)=C/[C@@H]1COC1O[C@H](C)[C@@H](O)[C@@H](OC)[C@H]1OC. The van der Waals surface area contributed by atoms with Gasteiger partial charge in [-0.2, -0.15) is 0 Å². The van der Waals surface area contributed by atoms with Gasteiger partial charge in [-0.05, 0) is 73.5 Å². The summed E-state index contributed by atoms with van der Waals surface area (Å²) in [4.78, 5) is 41.5. The first-order valence-electron chi connectivity index (χ1n) is 22.7. The first-order chi connectivity index (χ1) is 30.1. The zero-order valence-corrected chi connectivity index (χ0v) is 39.7. The van der Waals surface area contributed by atoms with E-state index in [9.17, 15) is 39.9 Å². The summed E-state index contributed by atoms with van der Waals surface area (Å²) in [7, 11) is 6.43. The van der Waals surface area contributed by atoms with E-state index in [0.29, 0.717) is 12.0 Å². The maximum Gasteiger partial charge on any atom is 0.308 e. The largest absolute Gasteiger partial charge is 0.462 e.